The molecular weight excluding hydrogens is 410 g/mol. The predicted octanol–water partition coefficient (Wildman–Crippen LogP) is 4.54. The zero-order valence-corrected chi connectivity index (χ0v) is 20.3. The monoisotopic (exact) mass is 447 g/mol. The van der Waals surface area contributed by atoms with Crippen LogP contribution in [-0.2, 0) is 30.2 Å². The van der Waals surface area contributed by atoms with Crippen LogP contribution in [0.3, 0.4) is 0 Å². The number of methoxy groups -OCH3 is 2. The van der Waals surface area contributed by atoms with Gasteiger partial charge in [-0.2, -0.15) is 5.26 Å². The fourth-order valence-corrected chi connectivity index (χ4v) is 3.64. The SMILES string of the molecule is CCOC(=O)C(C#N)C(C)C(CCCc1ccc(C(=O)OC(C)(C)C)cc1)C(OC)OC. The summed E-state index contributed by atoms with van der Waals surface area (Å²) in [4.78, 5) is 24.4. The Morgan fingerprint density at radius 1 is 1.09 bits per heavy atom. The molecule has 0 heterocycles. The Morgan fingerprint density at radius 2 is 1.69 bits per heavy atom. The Labute approximate surface area is 192 Å². The number of carbonyl (C=O) groups is 2. The minimum Gasteiger partial charge on any atom is -0.465 e. The van der Waals surface area contributed by atoms with Crippen molar-refractivity contribution in [3.05, 3.63) is 35.4 Å². The Bertz CT molecular complexity index is 758. The summed E-state index contributed by atoms with van der Waals surface area (Å²) in [5.41, 5.74) is 1.06. The number of hydrogen-bond donors (Lipinski definition) is 0. The highest BCUT2D eigenvalue weighted by Gasteiger charge is 2.36. The van der Waals surface area contributed by atoms with Gasteiger partial charge in [0.2, 0.25) is 0 Å². The van der Waals surface area contributed by atoms with E-state index in [0.717, 1.165) is 18.4 Å². The van der Waals surface area contributed by atoms with E-state index in [1.165, 1.54) is 0 Å². The summed E-state index contributed by atoms with van der Waals surface area (Å²) in [5.74, 6) is -2.22. The van der Waals surface area contributed by atoms with Crippen LogP contribution in [0.1, 0.15) is 63.4 Å². The summed E-state index contributed by atoms with van der Waals surface area (Å²) >= 11 is 0. The van der Waals surface area contributed by atoms with Gasteiger partial charge in [-0.25, -0.2) is 4.79 Å². The first-order valence-electron chi connectivity index (χ1n) is 11.0. The van der Waals surface area contributed by atoms with E-state index >= 15 is 0 Å². The van der Waals surface area contributed by atoms with Crippen LogP contribution in [-0.4, -0.2) is 44.7 Å². The normalized spacial score (nSPS) is 14.3. The van der Waals surface area contributed by atoms with E-state index in [4.69, 9.17) is 18.9 Å². The molecule has 1 aromatic carbocycles. The van der Waals surface area contributed by atoms with Crippen LogP contribution in [0.4, 0.5) is 0 Å². The van der Waals surface area contributed by atoms with Crippen LogP contribution in [0.2, 0.25) is 0 Å². The predicted molar refractivity (Wildman–Crippen MR) is 121 cm³/mol. The summed E-state index contributed by atoms with van der Waals surface area (Å²) in [6.45, 7) is 9.31. The zero-order valence-electron chi connectivity index (χ0n) is 20.3. The number of aryl methyl sites for hydroxylation is 1. The molecule has 178 valence electrons. The molecule has 0 fully saturated rings. The van der Waals surface area contributed by atoms with Gasteiger partial charge in [0.05, 0.1) is 18.2 Å². The molecule has 0 amide bonds. The van der Waals surface area contributed by atoms with Crippen molar-refractivity contribution in [1.29, 1.82) is 5.26 Å². The number of ether oxygens (including phenoxy) is 4. The number of benzene rings is 1. The van der Waals surface area contributed by atoms with Crippen LogP contribution < -0.4 is 0 Å². The Morgan fingerprint density at radius 3 is 2.16 bits per heavy atom. The van der Waals surface area contributed by atoms with Gasteiger partial charge in [-0.15, -0.1) is 0 Å². The average molecular weight is 448 g/mol. The Balaban J connectivity index is 2.81. The molecule has 0 saturated carbocycles. The summed E-state index contributed by atoms with van der Waals surface area (Å²) in [6.07, 6.45) is 1.73. The molecule has 3 atom stereocenters. The summed E-state index contributed by atoms with van der Waals surface area (Å²) < 4.78 is 21.4. The van der Waals surface area contributed by atoms with E-state index < -0.39 is 23.8 Å². The highest BCUT2D eigenvalue weighted by molar-refractivity contribution is 5.89. The largest absolute Gasteiger partial charge is 0.465 e. The maximum absolute atomic E-state index is 12.2. The number of hydrogen-bond acceptors (Lipinski definition) is 7. The first kappa shape index (κ1) is 27.6. The fourth-order valence-electron chi connectivity index (χ4n) is 3.64. The van der Waals surface area contributed by atoms with E-state index in [1.807, 2.05) is 39.8 Å². The number of nitrogens with zero attached hydrogens (tertiary/aromatic N) is 1. The van der Waals surface area contributed by atoms with Gasteiger partial charge in [0.15, 0.2) is 6.29 Å². The number of nitriles is 1. The molecule has 0 aliphatic heterocycles. The molecule has 0 aliphatic carbocycles. The van der Waals surface area contributed by atoms with Gasteiger partial charge in [-0.1, -0.05) is 19.1 Å². The highest BCUT2D eigenvalue weighted by Crippen LogP contribution is 2.31. The molecule has 0 N–H and O–H groups in total. The quantitative estimate of drug-likeness (QED) is 0.343. The van der Waals surface area contributed by atoms with Crippen molar-refractivity contribution in [2.24, 2.45) is 17.8 Å². The molecule has 3 unspecified atom stereocenters. The standard InChI is InChI=1S/C25H37NO6/c1-8-31-23(28)21(16-26)17(2)20(24(29-6)30-7)11-9-10-18-12-14-19(15-13-18)22(27)32-25(3,4)5/h12-15,17,20-21,24H,8-11H2,1-7H3. The van der Waals surface area contributed by atoms with E-state index in [-0.39, 0.29) is 24.4 Å². The third kappa shape index (κ3) is 8.60. The van der Waals surface area contributed by atoms with Crippen molar-refractivity contribution in [1.82, 2.24) is 0 Å². The van der Waals surface area contributed by atoms with Crippen molar-refractivity contribution >= 4 is 11.9 Å². The van der Waals surface area contributed by atoms with Gasteiger partial charge in [-0.3, -0.25) is 4.79 Å². The molecule has 1 rings (SSSR count). The minimum absolute atomic E-state index is 0.167. The molecule has 0 aliphatic rings. The number of rotatable bonds is 12. The number of carbonyl (C=O) groups excluding carboxylic acids is 2. The van der Waals surface area contributed by atoms with Crippen LogP contribution in [0, 0.1) is 29.1 Å². The Kier molecular flexibility index (Phi) is 11.4. The smallest absolute Gasteiger partial charge is 0.338 e. The third-order valence-corrected chi connectivity index (χ3v) is 5.29. The van der Waals surface area contributed by atoms with Crippen molar-refractivity contribution in [3.63, 3.8) is 0 Å². The van der Waals surface area contributed by atoms with Crippen LogP contribution >= 0.6 is 0 Å². The Hall–Kier alpha value is -2.43. The van der Waals surface area contributed by atoms with E-state index in [1.54, 1.807) is 33.3 Å². The molecule has 7 heteroatoms. The average Bonchev–Trinajstić information content (AvgIpc) is 2.73. The van der Waals surface area contributed by atoms with Crippen molar-refractivity contribution in [2.75, 3.05) is 20.8 Å². The lowest BCUT2D eigenvalue weighted by molar-refractivity contribution is -0.163. The van der Waals surface area contributed by atoms with Gasteiger partial charge < -0.3 is 18.9 Å². The highest BCUT2D eigenvalue weighted by atomic mass is 16.7. The van der Waals surface area contributed by atoms with Gasteiger partial charge in [0, 0.05) is 20.1 Å². The van der Waals surface area contributed by atoms with Gasteiger partial charge in [-0.05, 0) is 70.6 Å². The second-order valence-corrected chi connectivity index (χ2v) is 8.81. The molecular formula is C25H37NO6. The second kappa shape index (κ2) is 13.2. The van der Waals surface area contributed by atoms with E-state index in [2.05, 4.69) is 6.07 Å². The van der Waals surface area contributed by atoms with Crippen molar-refractivity contribution in [2.45, 2.75) is 65.8 Å². The summed E-state index contributed by atoms with van der Waals surface area (Å²) in [5, 5.41) is 9.54. The molecule has 0 aromatic heterocycles. The summed E-state index contributed by atoms with van der Waals surface area (Å²) in [7, 11) is 3.10. The molecule has 0 spiro atoms. The van der Waals surface area contributed by atoms with Crippen LogP contribution in [0.15, 0.2) is 24.3 Å². The van der Waals surface area contributed by atoms with Crippen molar-refractivity contribution < 1.29 is 28.5 Å². The molecule has 7 nitrogen and oxygen atoms in total. The third-order valence-electron chi connectivity index (χ3n) is 5.29. The molecule has 0 radical (unpaired) electrons. The molecule has 1 aromatic rings. The first-order valence-corrected chi connectivity index (χ1v) is 11.0. The molecule has 32 heavy (non-hydrogen) atoms. The topological polar surface area (TPSA) is 94.9 Å². The van der Waals surface area contributed by atoms with Gasteiger partial charge in [0.25, 0.3) is 0 Å². The number of esters is 2. The fraction of sp³-hybridized carbons (Fsp3) is 0.640. The maximum atomic E-state index is 12.2. The lowest BCUT2D eigenvalue weighted by Crippen LogP contribution is -2.36. The lowest BCUT2D eigenvalue weighted by atomic mass is 9.80. The second-order valence-electron chi connectivity index (χ2n) is 8.81. The zero-order chi connectivity index (χ0) is 24.3. The lowest BCUT2D eigenvalue weighted by Gasteiger charge is -2.31. The minimum atomic E-state index is -0.888. The van der Waals surface area contributed by atoms with Crippen LogP contribution in [0.25, 0.3) is 0 Å². The maximum Gasteiger partial charge on any atom is 0.338 e. The molecule has 0 saturated heterocycles. The van der Waals surface area contributed by atoms with E-state index in [0.29, 0.717) is 12.0 Å². The van der Waals surface area contributed by atoms with E-state index in [9.17, 15) is 14.9 Å². The molecule has 0 bridgehead atoms. The van der Waals surface area contributed by atoms with Crippen molar-refractivity contribution in [3.8, 4) is 6.07 Å². The van der Waals surface area contributed by atoms with Crippen LogP contribution in [0.5, 0.6) is 0 Å². The van der Waals surface area contributed by atoms with Gasteiger partial charge >= 0.3 is 11.9 Å². The first-order chi connectivity index (χ1) is 15.1. The van der Waals surface area contributed by atoms with Gasteiger partial charge in [0.1, 0.15) is 11.5 Å². The summed E-state index contributed by atoms with van der Waals surface area (Å²) in [6, 6.07) is 9.45.